The summed E-state index contributed by atoms with van der Waals surface area (Å²) in [6.07, 6.45) is -2.85. The Kier molecular flexibility index (Phi) is 3.76. The van der Waals surface area contributed by atoms with Crippen molar-refractivity contribution in [1.29, 1.82) is 0 Å². The molecular weight excluding hydrogens is 184 g/mol. The van der Waals surface area contributed by atoms with E-state index < -0.39 is 24.6 Å². The first-order valence-electron chi connectivity index (χ1n) is 4.21. The number of carbonyl (C=O) groups is 1. The molecule has 76 valence electrons. The third-order valence-electron chi connectivity index (χ3n) is 1.93. The summed E-state index contributed by atoms with van der Waals surface area (Å²) in [6.45, 7) is -0.773. The number of carbonyl (C=O) groups excluding carboxylic acids is 1. The van der Waals surface area contributed by atoms with Gasteiger partial charge in [0, 0.05) is 0 Å². The van der Waals surface area contributed by atoms with Crippen LogP contribution in [0.1, 0.15) is 11.7 Å². The molecule has 4 nitrogen and oxygen atoms in total. The van der Waals surface area contributed by atoms with Crippen LogP contribution in [-0.4, -0.2) is 33.8 Å². The second kappa shape index (κ2) is 4.85. The van der Waals surface area contributed by atoms with Crippen molar-refractivity contribution in [2.75, 3.05) is 6.61 Å². The fraction of sp³-hybridized carbons (Fsp3) is 0.300. The second-order valence-electron chi connectivity index (χ2n) is 2.92. The van der Waals surface area contributed by atoms with Crippen LogP contribution >= 0.6 is 0 Å². The molecule has 0 fully saturated rings. The van der Waals surface area contributed by atoms with Gasteiger partial charge < -0.3 is 15.3 Å². The van der Waals surface area contributed by atoms with Crippen LogP contribution in [0, 0.1) is 0 Å². The molecule has 1 aromatic rings. The number of ketones is 1. The zero-order valence-electron chi connectivity index (χ0n) is 7.50. The summed E-state index contributed by atoms with van der Waals surface area (Å²) in [5, 5.41) is 27.3. The molecule has 0 aromatic heterocycles. The first-order chi connectivity index (χ1) is 6.66. The highest BCUT2D eigenvalue weighted by Crippen LogP contribution is 2.16. The predicted molar refractivity (Wildman–Crippen MR) is 49.5 cm³/mol. The van der Waals surface area contributed by atoms with Gasteiger partial charge in [0.15, 0.2) is 5.78 Å². The molecule has 0 bridgehead atoms. The van der Waals surface area contributed by atoms with Crippen LogP contribution in [0.5, 0.6) is 0 Å². The summed E-state index contributed by atoms with van der Waals surface area (Å²) in [6, 6.07) is 8.33. The molecule has 1 rings (SSSR count). The molecule has 0 heterocycles. The average Bonchev–Trinajstić information content (AvgIpc) is 2.27. The number of aliphatic hydroxyl groups excluding tert-OH is 3. The monoisotopic (exact) mass is 196 g/mol. The van der Waals surface area contributed by atoms with E-state index in [0.29, 0.717) is 5.56 Å². The largest absolute Gasteiger partial charge is 0.388 e. The fourth-order valence-electron chi connectivity index (χ4n) is 1.10. The quantitative estimate of drug-likeness (QED) is 0.614. The SMILES string of the molecule is O=C(CO)[C@H](O)[C@H](O)c1ccccc1. The van der Waals surface area contributed by atoms with Crippen LogP contribution in [0.3, 0.4) is 0 Å². The molecule has 0 saturated carbocycles. The highest BCUT2D eigenvalue weighted by atomic mass is 16.3. The molecule has 4 heteroatoms. The Labute approximate surface area is 81.4 Å². The van der Waals surface area contributed by atoms with E-state index in [2.05, 4.69) is 0 Å². The van der Waals surface area contributed by atoms with E-state index in [1.165, 1.54) is 0 Å². The summed E-state index contributed by atoms with van der Waals surface area (Å²) < 4.78 is 0. The molecule has 0 spiro atoms. The van der Waals surface area contributed by atoms with Crippen molar-refractivity contribution in [2.24, 2.45) is 0 Å². The maximum absolute atomic E-state index is 10.9. The number of hydrogen-bond acceptors (Lipinski definition) is 4. The number of hydrogen-bond donors (Lipinski definition) is 3. The maximum Gasteiger partial charge on any atom is 0.189 e. The van der Waals surface area contributed by atoms with Crippen molar-refractivity contribution in [3.8, 4) is 0 Å². The van der Waals surface area contributed by atoms with Gasteiger partial charge in [-0.3, -0.25) is 4.79 Å². The Balaban J connectivity index is 2.75. The highest BCUT2D eigenvalue weighted by Gasteiger charge is 2.24. The molecule has 0 aliphatic rings. The van der Waals surface area contributed by atoms with Crippen LogP contribution in [0.15, 0.2) is 30.3 Å². The fourth-order valence-corrected chi connectivity index (χ4v) is 1.10. The highest BCUT2D eigenvalue weighted by molar-refractivity contribution is 5.84. The Bertz CT molecular complexity index is 296. The molecule has 0 aliphatic heterocycles. The van der Waals surface area contributed by atoms with Crippen molar-refractivity contribution in [2.45, 2.75) is 12.2 Å². The zero-order valence-corrected chi connectivity index (χ0v) is 7.50. The number of aliphatic hydroxyl groups is 3. The van der Waals surface area contributed by atoms with Crippen molar-refractivity contribution in [1.82, 2.24) is 0 Å². The van der Waals surface area contributed by atoms with E-state index in [1.54, 1.807) is 30.3 Å². The molecule has 0 aliphatic carbocycles. The topological polar surface area (TPSA) is 77.8 Å². The Morgan fingerprint density at radius 2 is 1.79 bits per heavy atom. The second-order valence-corrected chi connectivity index (χ2v) is 2.92. The molecular formula is C10H12O4. The summed E-state index contributed by atoms with van der Waals surface area (Å²) in [5.74, 6) is -0.790. The van der Waals surface area contributed by atoms with Crippen LogP contribution in [-0.2, 0) is 4.79 Å². The van der Waals surface area contributed by atoms with Crippen molar-refractivity contribution < 1.29 is 20.1 Å². The molecule has 0 unspecified atom stereocenters. The summed E-state index contributed by atoms with van der Waals surface area (Å²) in [7, 11) is 0. The summed E-state index contributed by atoms with van der Waals surface area (Å²) in [5.41, 5.74) is 0.446. The van der Waals surface area contributed by atoms with Gasteiger partial charge in [0.1, 0.15) is 18.8 Å². The minimum Gasteiger partial charge on any atom is -0.388 e. The minimum absolute atomic E-state index is 0.446. The molecule has 14 heavy (non-hydrogen) atoms. The predicted octanol–water partition coefficient (Wildman–Crippen LogP) is -0.358. The molecule has 2 atom stereocenters. The Morgan fingerprint density at radius 3 is 2.29 bits per heavy atom. The van der Waals surface area contributed by atoms with Gasteiger partial charge in [-0.25, -0.2) is 0 Å². The molecule has 0 radical (unpaired) electrons. The van der Waals surface area contributed by atoms with Crippen molar-refractivity contribution >= 4 is 5.78 Å². The van der Waals surface area contributed by atoms with Gasteiger partial charge >= 0.3 is 0 Å². The first-order valence-corrected chi connectivity index (χ1v) is 4.21. The normalized spacial score (nSPS) is 14.8. The Morgan fingerprint density at radius 1 is 1.21 bits per heavy atom. The van der Waals surface area contributed by atoms with E-state index >= 15 is 0 Å². The molecule has 0 amide bonds. The lowest BCUT2D eigenvalue weighted by molar-refractivity contribution is -0.135. The standard InChI is InChI=1S/C10H12O4/c11-6-8(12)10(14)9(13)7-4-2-1-3-5-7/h1-5,9-11,13-14H,6H2/t9-,10+/m1/s1. The lowest BCUT2D eigenvalue weighted by Gasteiger charge is -2.15. The maximum atomic E-state index is 10.9. The van der Waals surface area contributed by atoms with Crippen LogP contribution < -0.4 is 0 Å². The van der Waals surface area contributed by atoms with Crippen molar-refractivity contribution in [3.63, 3.8) is 0 Å². The molecule has 1 aromatic carbocycles. The van der Waals surface area contributed by atoms with Gasteiger partial charge in [-0.1, -0.05) is 30.3 Å². The first kappa shape index (κ1) is 10.8. The third-order valence-corrected chi connectivity index (χ3v) is 1.93. The number of rotatable bonds is 4. The van der Waals surface area contributed by atoms with Gasteiger partial charge in [-0.05, 0) is 5.56 Å². The van der Waals surface area contributed by atoms with Crippen molar-refractivity contribution in [3.05, 3.63) is 35.9 Å². The van der Waals surface area contributed by atoms with E-state index in [4.69, 9.17) is 5.11 Å². The van der Waals surface area contributed by atoms with E-state index in [0.717, 1.165) is 0 Å². The van der Waals surface area contributed by atoms with Gasteiger partial charge in [0.25, 0.3) is 0 Å². The number of benzene rings is 1. The van der Waals surface area contributed by atoms with E-state index in [-0.39, 0.29) is 0 Å². The van der Waals surface area contributed by atoms with Gasteiger partial charge in [-0.15, -0.1) is 0 Å². The average molecular weight is 196 g/mol. The van der Waals surface area contributed by atoms with Crippen LogP contribution in [0.25, 0.3) is 0 Å². The zero-order chi connectivity index (χ0) is 10.6. The summed E-state index contributed by atoms with van der Waals surface area (Å²) in [4.78, 5) is 10.9. The summed E-state index contributed by atoms with van der Waals surface area (Å²) >= 11 is 0. The van der Waals surface area contributed by atoms with Gasteiger partial charge in [0.05, 0.1) is 0 Å². The van der Waals surface area contributed by atoms with E-state index in [9.17, 15) is 15.0 Å². The van der Waals surface area contributed by atoms with E-state index in [1.807, 2.05) is 0 Å². The Hall–Kier alpha value is -1.23. The van der Waals surface area contributed by atoms with Gasteiger partial charge in [-0.2, -0.15) is 0 Å². The smallest absolute Gasteiger partial charge is 0.189 e. The lowest BCUT2D eigenvalue weighted by Crippen LogP contribution is -2.30. The van der Waals surface area contributed by atoms with Gasteiger partial charge in [0.2, 0.25) is 0 Å². The molecule has 0 saturated heterocycles. The minimum atomic E-state index is -1.57. The lowest BCUT2D eigenvalue weighted by atomic mass is 10.0. The third kappa shape index (κ3) is 2.38. The van der Waals surface area contributed by atoms with Crippen LogP contribution in [0.2, 0.25) is 0 Å². The number of Topliss-reactive ketones (excluding diaryl/α,β-unsaturated/α-hetero) is 1. The van der Waals surface area contributed by atoms with Crippen LogP contribution in [0.4, 0.5) is 0 Å². The molecule has 3 N–H and O–H groups in total.